The van der Waals surface area contributed by atoms with Crippen molar-refractivity contribution in [2.75, 3.05) is 12.4 Å². The molecule has 2 aromatic carbocycles. The topological polar surface area (TPSA) is 120 Å². The second-order valence-electron chi connectivity index (χ2n) is 8.58. The van der Waals surface area contributed by atoms with Gasteiger partial charge in [-0.2, -0.15) is 5.10 Å². The average molecular weight is 553 g/mol. The molecule has 1 amide bonds. The number of ether oxygens (including phenoxy) is 1. The third kappa shape index (κ3) is 4.75. The van der Waals surface area contributed by atoms with Gasteiger partial charge in [0.15, 0.2) is 6.56 Å². The van der Waals surface area contributed by atoms with Gasteiger partial charge in [-0.1, -0.05) is 35.3 Å². The van der Waals surface area contributed by atoms with Crippen LogP contribution in [0.15, 0.2) is 59.7 Å². The zero-order valence-electron chi connectivity index (χ0n) is 21.6. The first-order chi connectivity index (χ1) is 18.7. The Morgan fingerprint density at radius 2 is 2.00 bits per heavy atom. The molecule has 0 aliphatic heterocycles. The Hall–Kier alpha value is -4.15. The van der Waals surface area contributed by atoms with E-state index in [0.717, 1.165) is 10.5 Å². The highest BCUT2D eigenvalue weighted by molar-refractivity contribution is 6.31. The van der Waals surface area contributed by atoms with Crippen LogP contribution in [0.2, 0.25) is 11.6 Å². The number of hydrogen-bond donors (Lipinski definition) is 2. The predicted molar refractivity (Wildman–Crippen MR) is 146 cm³/mol. The number of nitrogens with zero attached hydrogens (tertiary/aromatic N) is 5. The quantitative estimate of drug-likeness (QED) is 0.287. The van der Waals surface area contributed by atoms with E-state index in [1.807, 2.05) is 6.92 Å². The summed E-state index contributed by atoms with van der Waals surface area (Å²) in [6, 6.07) is 10.9. The van der Waals surface area contributed by atoms with Crippen molar-refractivity contribution in [3.05, 3.63) is 81.1 Å². The number of aromatic nitrogens is 6. The van der Waals surface area contributed by atoms with Gasteiger partial charge in [-0.15, -0.1) is 5.10 Å². The minimum absolute atomic E-state index is 0.206. The van der Waals surface area contributed by atoms with E-state index in [1.165, 1.54) is 34.8 Å². The normalized spacial score (nSPS) is 12.4. The van der Waals surface area contributed by atoms with Crippen molar-refractivity contribution < 1.29 is 10.9 Å². The van der Waals surface area contributed by atoms with Crippen LogP contribution in [0.25, 0.3) is 27.7 Å². The summed E-state index contributed by atoms with van der Waals surface area (Å²) >= 11 is 12.3. The van der Waals surface area contributed by atoms with E-state index in [9.17, 15) is 9.59 Å². The van der Waals surface area contributed by atoms with Crippen molar-refractivity contribution >= 4 is 45.7 Å². The fourth-order valence-electron chi connectivity index (χ4n) is 4.34. The predicted octanol–water partition coefficient (Wildman–Crippen LogP) is 5.19. The zero-order valence-corrected chi connectivity index (χ0v) is 22.2. The number of H-pyrrole nitrogens is 1. The minimum atomic E-state index is -0.816. The van der Waals surface area contributed by atoms with Crippen LogP contribution < -0.4 is 15.6 Å². The summed E-state index contributed by atoms with van der Waals surface area (Å²) in [5.41, 5.74) is 3.05. The standard InChI is InChI=1S/C26H23Cl2N7O3/c1-4-21(26(37)29-16-6-7-20-17(10-16)14(2)30-31-20)34-12-23(38-3)19(11-25(34)36)18-9-15(27)5-8-22(18)35-13-24(28)32-33-35/h5-13,21H,4H2,1-3H3,(H,29,37)(H,30,31)/i/hD. The van der Waals surface area contributed by atoms with Crippen molar-refractivity contribution in [1.82, 2.24) is 29.8 Å². The SMILES string of the molecule is [2H]n1nc2ccc(NC(=O)C(CC)n3cc(OC)c(-c4cc(Cl)ccc4-n4cc(Cl)nn4)cc3=O)cc2c1C. The highest BCUT2D eigenvalue weighted by Crippen LogP contribution is 2.35. The summed E-state index contributed by atoms with van der Waals surface area (Å²) in [5.74, 6) is -0.0131. The van der Waals surface area contributed by atoms with Crippen LogP contribution in [0.4, 0.5) is 5.69 Å². The Kier molecular flexibility index (Phi) is 6.57. The molecule has 0 saturated carbocycles. The number of nitrogens with one attached hydrogen (secondary N) is 2. The smallest absolute Gasteiger partial charge is 0.252 e. The number of halogens is 2. The van der Waals surface area contributed by atoms with Gasteiger partial charge in [-0.25, -0.2) is 4.68 Å². The van der Waals surface area contributed by atoms with Gasteiger partial charge in [0.2, 0.25) is 5.91 Å². The molecule has 0 aliphatic rings. The number of fused-ring (bicyclic) bond motifs is 1. The van der Waals surface area contributed by atoms with Crippen molar-refractivity contribution in [3.63, 3.8) is 0 Å². The molecule has 12 heteroatoms. The summed E-state index contributed by atoms with van der Waals surface area (Å²) in [5, 5.41) is 17.3. The van der Waals surface area contributed by atoms with E-state index < -0.39 is 11.6 Å². The van der Waals surface area contributed by atoms with Crippen molar-refractivity contribution in [2.45, 2.75) is 26.3 Å². The maximum absolute atomic E-state index is 13.4. The maximum atomic E-state index is 13.4. The molecule has 0 saturated heterocycles. The molecule has 5 rings (SSSR count). The number of hydrogen-bond acceptors (Lipinski definition) is 6. The van der Waals surface area contributed by atoms with E-state index in [1.54, 1.807) is 43.3 Å². The van der Waals surface area contributed by atoms with E-state index in [0.29, 0.717) is 50.9 Å². The molecule has 194 valence electrons. The molecule has 3 heterocycles. The Bertz CT molecular complexity index is 1780. The van der Waals surface area contributed by atoms with Crippen LogP contribution in [0, 0.1) is 6.92 Å². The molecule has 38 heavy (non-hydrogen) atoms. The number of aromatic amines is 1. The lowest BCUT2D eigenvalue weighted by Crippen LogP contribution is -2.32. The number of anilines is 1. The van der Waals surface area contributed by atoms with Gasteiger partial charge in [0.1, 0.15) is 11.8 Å². The molecule has 0 spiro atoms. The second kappa shape index (κ2) is 10.3. The number of amides is 1. The van der Waals surface area contributed by atoms with E-state index in [-0.39, 0.29) is 11.1 Å². The summed E-state index contributed by atoms with van der Waals surface area (Å²) < 4.78 is 16.3. The lowest BCUT2D eigenvalue weighted by Gasteiger charge is -2.21. The van der Waals surface area contributed by atoms with Gasteiger partial charge < -0.3 is 10.1 Å². The van der Waals surface area contributed by atoms with Crippen LogP contribution in [0.5, 0.6) is 5.75 Å². The third-order valence-corrected chi connectivity index (χ3v) is 6.62. The molecule has 2 N–H and O–H groups in total. The maximum Gasteiger partial charge on any atom is 0.252 e. The molecule has 0 aliphatic carbocycles. The van der Waals surface area contributed by atoms with Gasteiger partial charge in [-0.3, -0.25) is 19.2 Å². The Labute approximate surface area is 228 Å². The molecular formula is C26H23Cl2N7O3. The van der Waals surface area contributed by atoms with Crippen molar-refractivity contribution in [1.29, 1.82) is 0 Å². The van der Waals surface area contributed by atoms with Crippen molar-refractivity contribution in [3.8, 4) is 22.6 Å². The lowest BCUT2D eigenvalue weighted by molar-refractivity contribution is -0.119. The summed E-state index contributed by atoms with van der Waals surface area (Å²) in [6.07, 6.45) is 3.40. The third-order valence-electron chi connectivity index (χ3n) is 6.21. The minimum Gasteiger partial charge on any atom is -0.495 e. The fraction of sp³-hybridized carbons (Fsp3) is 0.192. The van der Waals surface area contributed by atoms with Crippen LogP contribution in [0.3, 0.4) is 0 Å². The first-order valence-corrected chi connectivity index (χ1v) is 12.4. The summed E-state index contributed by atoms with van der Waals surface area (Å²) in [6.45, 7) is 3.59. The fourth-order valence-corrected chi connectivity index (χ4v) is 4.64. The number of benzene rings is 2. The van der Waals surface area contributed by atoms with Gasteiger partial charge in [-0.05, 0) is 49.7 Å². The largest absolute Gasteiger partial charge is 0.495 e. The summed E-state index contributed by atoms with van der Waals surface area (Å²) in [4.78, 5) is 26.7. The highest BCUT2D eigenvalue weighted by Gasteiger charge is 2.23. The number of pyridine rings is 1. The second-order valence-corrected chi connectivity index (χ2v) is 9.40. The lowest BCUT2D eigenvalue weighted by atomic mass is 10.0. The molecule has 5 aromatic rings. The molecule has 3 aromatic heterocycles. The Balaban J connectivity index is 1.52. The molecule has 0 fully saturated rings. The van der Waals surface area contributed by atoms with E-state index in [2.05, 4.69) is 20.7 Å². The molecule has 1 unspecified atom stereocenters. The summed E-state index contributed by atoms with van der Waals surface area (Å²) in [7, 11) is 1.48. The van der Waals surface area contributed by atoms with Crippen LogP contribution in [-0.4, -0.2) is 42.8 Å². The number of aryl methyl sites for hydroxylation is 1. The van der Waals surface area contributed by atoms with Gasteiger partial charge >= 0.3 is 0 Å². The van der Waals surface area contributed by atoms with E-state index in [4.69, 9.17) is 29.4 Å². The van der Waals surface area contributed by atoms with Gasteiger partial charge in [0.05, 0.1) is 30.7 Å². The first kappa shape index (κ1) is 24.2. The van der Waals surface area contributed by atoms with Crippen LogP contribution in [0.1, 0.15) is 25.1 Å². The number of rotatable bonds is 7. The number of carbonyl (C=O) groups excluding carboxylic acids is 1. The Morgan fingerprint density at radius 3 is 2.71 bits per heavy atom. The monoisotopic (exact) mass is 552 g/mol. The zero-order chi connectivity index (χ0) is 27.8. The molecule has 0 bridgehead atoms. The number of carbonyl (C=O) groups is 1. The highest BCUT2D eigenvalue weighted by atomic mass is 35.5. The van der Waals surface area contributed by atoms with Gasteiger partial charge in [0, 0.05) is 39.0 Å². The van der Waals surface area contributed by atoms with Crippen LogP contribution >= 0.6 is 23.2 Å². The van der Waals surface area contributed by atoms with E-state index >= 15 is 0 Å². The molecular weight excluding hydrogens is 529 g/mol. The molecule has 1 atom stereocenters. The first-order valence-electron chi connectivity index (χ1n) is 12.1. The molecule has 0 radical (unpaired) electrons. The van der Waals surface area contributed by atoms with Crippen molar-refractivity contribution in [2.24, 2.45) is 0 Å². The van der Waals surface area contributed by atoms with Gasteiger partial charge in [0.25, 0.3) is 5.56 Å². The van der Waals surface area contributed by atoms with Crippen LogP contribution in [-0.2, 0) is 4.79 Å². The average Bonchev–Trinajstić information content (AvgIpc) is 3.47. The Morgan fingerprint density at radius 1 is 1.18 bits per heavy atom. The number of methoxy groups -OCH3 is 1. The molecule has 10 nitrogen and oxygen atoms in total.